The van der Waals surface area contributed by atoms with Gasteiger partial charge in [0.1, 0.15) is 5.75 Å². The number of aryl methyl sites for hydroxylation is 2. The summed E-state index contributed by atoms with van der Waals surface area (Å²) in [5, 5.41) is 2.97. The molecule has 2 aromatic carbocycles. The van der Waals surface area contributed by atoms with Crippen LogP contribution in [0.25, 0.3) is 0 Å². The van der Waals surface area contributed by atoms with Crippen LogP contribution in [0.1, 0.15) is 16.7 Å². The van der Waals surface area contributed by atoms with Crippen LogP contribution < -0.4 is 10.1 Å². The third-order valence-electron chi connectivity index (χ3n) is 3.69. The van der Waals surface area contributed by atoms with Gasteiger partial charge in [-0.1, -0.05) is 30.3 Å². The Morgan fingerprint density at radius 2 is 1.78 bits per heavy atom. The maximum absolute atomic E-state index is 12.0. The quantitative estimate of drug-likeness (QED) is 0.767. The number of rotatable bonds is 7. The first kappa shape index (κ1) is 17.4. The number of amides is 1. The molecule has 0 aliphatic rings. The highest BCUT2D eigenvalue weighted by atomic mass is 32.2. The molecule has 3 nitrogen and oxygen atoms in total. The summed E-state index contributed by atoms with van der Waals surface area (Å²) in [7, 11) is 0. The first-order chi connectivity index (χ1) is 11.1. The summed E-state index contributed by atoms with van der Waals surface area (Å²) in [6, 6.07) is 13.9. The van der Waals surface area contributed by atoms with E-state index in [1.54, 1.807) is 11.8 Å². The lowest BCUT2D eigenvalue weighted by Crippen LogP contribution is -2.16. The minimum absolute atomic E-state index is 0.0274. The molecule has 2 rings (SSSR count). The third-order valence-corrected chi connectivity index (χ3v) is 4.61. The van der Waals surface area contributed by atoms with Crippen LogP contribution in [0, 0.1) is 20.8 Å². The van der Waals surface area contributed by atoms with Crippen LogP contribution in [0.2, 0.25) is 0 Å². The zero-order valence-electron chi connectivity index (χ0n) is 13.9. The molecule has 0 bridgehead atoms. The average Bonchev–Trinajstić information content (AvgIpc) is 2.53. The molecule has 0 atom stereocenters. The van der Waals surface area contributed by atoms with Gasteiger partial charge in [-0.25, -0.2) is 0 Å². The van der Waals surface area contributed by atoms with Crippen molar-refractivity contribution in [3.63, 3.8) is 0 Å². The van der Waals surface area contributed by atoms with Gasteiger partial charge in [0.05, 0.1) is 12.4 Å². The molecule has 23 heavy (non-hydrogen) atoms. The van der Waals surface area contributed by atoms with Gasteiger partial charge in [0.2, 0.25) is 5.91 Å². The Kier molecular flexibility index (Phi) is 6.53. The van der Waals surface area contributed by atoms with Crippen molar-refractivity contribution in [3.8, 4) is 5.75 Å². The average molecular weight is 329 g/mol. The van der Waals surface area contributed by atoms with E-state index in [0.29, 0.717) is 12.4 Å². The second kappa shape index (κ2) is 8.63. The molecule has 0 saturated carbocycles. The molecule has 0 heterocycles. The van der Waals surface area contributed by atoms with Crippen LogP contribution in [0.15, 0.2) is 42.5 Å². The number of hydrogen-bond donors (Lipinski definition) is 1. The molecule has 1 amide bonds. The zero-order chi connectivity index (χ0) is 16.7. The van der Waals surface area contributed by atoms with E-state index in [0.717, 1.165) is 28.3 Å². The van der Waals surface area contributed by atoms with Gasteiger partial charge in [0.15, 0.2) is 0 Å². The lowest BCUT2D eigenvalue weighted by molar-refractivity contribution is -0.113. The Balaban J connectivity index is 1.69. The topological polar surface area (TPSA) is 38.3 Å². The number of carbonyl (C=O) groups is 1. The predicted octanol–water partition coefficient (Wildman–Crippen LogP) is 4.36. The van der Waals surface area contributed by atoms with E-state index in [2.05, 4.69) is 5.32 Å². The van der Waals surface area contributed by atoms with Crippen molar-refractivity contribution in [2.45, 2.75) is 20.8 Å². The van der Waals surface area contributed by atoms with Crippen molar-refractivity contribution in [1.29, 1.82) is 0 Å². The van der Waals surface area contributed by atoms with Crippen LogP contribution >= 0.6 is 11.8 Å². The number of benzene rings is 2. The molecule has 0 fully saturated rings. The summed E-state index contributed by atoms with van der Waals surface area (Å²) in [5.74, 6) is 2.16. The summed E-state index contributed by atoms with van der Waals surface area (Å²) in [6.45, 7) is 6.70. The van der Waals surface area contributed by atoms with Gasteiger partial charge in [0.25, 0.3) is 0 Å². The number of para-hydroxylation sites is 1. The number of hydrogen-bond acceptors (Lipinski definition) is 3. The minimum atomic E-state index is 0.0274. The SMILES string of the molecule is Cc1ccccc1OCCSCC(=O)Nc1cccc(C)c1C. The van der Waals surface area contributed by atoms with Gasteiger partial charge >= 0.3 is 0 Å². The van der Waals surface area contributed by atoms with E-state index in [-0.39, 0.29) is 5.91 Å². The molecular formula is C19H23NO2S. The van der Waals surface area contributed by atoms with E-state index >= 15 is 0 Å². The lowest BCUT2D eigenvalue weighted by atomic mass is 10.1. The number of carbonyl (C=O) groups excluding carboxylic acids is 1. The molecule has 4 heteroatoms. The van der Waals surface area contributed by atoms with Crippen molar-refractivity contribution in [1.82, 2.24) is 0 Å². The van der Waals surface area contributed by atoms with Gasteiger partial charge in [-0.3, -0.25) is 4.79 Å². The standard InChI is InChI=1S/C19H23NO2S/c1-14-8-6-9-17(16(14)3)20-19(21)13-23-12-11-22-18-10-5-4-7-15(18)2/h4-10H,11-13H2,1-3H3,(H,20,21). The van der Waals surface area contributed by atoms with Crippen molar-refractivity contribution >= 4 is 23.4 Å². The highest BCUT2D eigenvalue weighted by Gasteiger charge is 2.06. The molecule has 1 N–H and O–H groups in total. The number of thioether (sulfide) groups is 1. The zero-order valence-corrected chi connectivity index (χ0v) is 14.7. The molecule has 0 aliphatic heterocycles. The van der Waals surface area contributed by atoms with E-state index in [9.17, 15) is 4.79 Å². The van der Waals surface area contributed by atoms with Crippen LogP contribution in [-0.2, 0) is 4.79 Å². The maximum Gasteiger partial charge on any atom is 0.234 e. The Labute approximate surface area is 142 Å². The number of nitrogens with one attached hydrogen (secondary N) is 1. The van der Waals surface area contributed by atoms with Crippen molar-refractivity contribution in [2.24, 2.45) is 0 Å². The van der Waals surface area contributed by atoms with Crippen molar-refractivity contribution in [3.05, 3.63) is 59.2 Å². The minimum Gasteiger partial charge on any atom is -0.492 e. The molecule has 0 spiro atoms. The highest BCUT2D eigenvalue weighted by molar-refractivity contribution is 7.99. The Morgan fingerprint density at radius 1 is 1.04 bits per heavy atom. The second-order valence-electron chi connectivity index (χ2n) is 5.46. The van der Waals surface area contributed by atoms with Crippen LogP contribution in [0.4, 0.5) is 5.69 Å². The Bertz CT molecular complexity index is 670. The molecule has 0 unspecified atom stereocenters. The monoisotopic (exact) mass is 329 g/mol. The summed E-state index contributed by atoms with van der Waals surface area (Å²) in [6.07, 6.45) is 0. The normalized spacial score (nSPS) is 10.4. The third kappa shape index (κ3) is 5.32. The largest absolute Gasteiger partial charge is 0.492 e. The molecule has 122 valence electrons. The summed E-state index contributed by atoms with van der Waals surface area (Å²) in [5.41, 5.74) is 4.33. The number of anilines is 1. The maximum atomic E-state index is 12.0. The smallest absolute Gasteiger partial charge is 0.234 e. The summed E-state index contributed by atoms with van der Waals surface area (Å²) in [4.78, 5) is 12.0. The fourth-order valence-corrected chi connectivity index (χ4v) is 2.77. The fraction of sp³-hybridized carbons (Fsp3) is 0.316. The van der Waals surface area contributed by atoms with Gasteiger partial charge in [-0.15, -0.1) is 11.8 Å². The van der Waals surface area contributed by atoms with Crippen molar-refractivity contribution < 1.29 is 9.53 Å². The Morgan fingerprint density at radius 3 is 2.57 bits per heavy atom. The first-order valence-electron chi connectivity index (χ1n) is 7.70. The molecule has 2 aromatic rings. The highest BCUT2D eigenvalue weighted by Crippen LogP contribution is 2.19. The van der Waals surface area contributed by atoms with E-state index in [1.807, 2.05) is 63.2 Å². The van der Waals surface area contributed by atoms with E-state index in [4.69, 9.17) is 4.74 Å². The molecule has 0 radical (unpaired) electrons. The second-order valence-corrected chi connectivity index (χ2v) is 6.57. The molecule has 0 aromatic heterocycles. The fourth-order valence-electron chi connectivity index (χ4n) is 2.17. The lowest BCUT2D eigenvalue weighted by Gasteiger charge is -2.11. The summed E-state index contributed by atoms with van der Waals surface area (Å²) >= 11 is 1.58. The summed E-state index contributed by atoms with van der Waals surface area (Å²) < 4.78 is 5.72. The van der Waals surface area contributed by atoms with Crippen molar-refractivity contribution in [2.75, 3.05) is 23.4 Å². The molecule has 0 aliphatic carbocycles. The molecular weight excluding hydrogens is 306 g/mol. The van der Waals surface area contributed by atoms with E-state index < -0.39 is 0 Å². The van der Waals surface area contributed by atoms with Gasteiger partial charge in [-0.2, -0.15) is 0 Å². The van der Waals surface area contributed by atoms with Crippen LogP contribution in [-0.4, -0.2) is 24.0 Å². The van der Waals surface area contributed by atoms with Gasteiger partial charge < -0.3 is 10.1 Å². The number of ether oxygens (including phenoxy) is 1. The first-order valence-corrected chi connectivity index (χ1v) is 8.85. The predicted molar refractivity (Wildman–Crippen MR) is 98.5 cm³/mol. The van der Waals surface area contributed by atoms with Gasteiger partial charge in [0, 0.05) is 11.4 Å². The molecule has 0 saturated heterocycles. The van der Waals surface area contributed by atoms with Crippen LogP contribution in [0.5, 0.6) is 5.75 Å². The van der Waals surface area contributed by atoms with Crippen LogP contribution in [0.3, 0.4) is 0 Å². The van der Waals surface area contributed by atoms with E-state index in [1.165, 1.54) is 5.56 Å². The van der Waals surface area contributed by atoms with Gasteiger partial charge in [-0.05, 0) is 49.6 Å². The Hall–Kier alpha value is -1.94.